The van der Waals surface area contributed by atoms with Gasteiger partial charge in [0.15, 0.2) is 11.5 Å². The van der Waals surface area contributed by atoms with Crippen molar-refractivity contribution < 1.29 is 9.47 Å². The van der Waals surface area contributed by atoms with Gasteiger partial charge in [0.25, 0.3) is 0 Å². The van der Waals surface area contributed by atoms with Gasteiger partial charge in [-0.15, -0.1) is 0 Å². The summed E-state index contributed by atoms with van der Waals surface area (Å²) in [5.41, 5.74) is 4.91. The van der Waals surface area contributed by atoms with Gasteiger partial charge in [-0.2, -0.15) is 5.10 Å². The average Bonchev–Trinajstić information content (AvgIpc) is 3.04. The Hall–Kier alpha value is -3.16. The molecule has 3 rings (SSSR count). The topological polar surface area (TPSA) is 97.3 Å². The maximum atomic E-state index is 5.29. The summed E-state index contributed by atoms with van der Waals surface area (Å²) in [6.45, 7) is 0. The first kappa shape index (κ1) is 13.8. The third-order valence-corrected chi connectivity index (χ3v) is 3.03. The molecule has 0 aliphatic rings. The number of methoxy groups -OCH3 is 2. The van der Waals surface area contributed by atoms with Crippen molar-refractivity contribution in [3.05, 3.63) is 36.4 Å². The third kappa shape index (κ3) is 2.66. The predicted octanol–water partition coefficient (Wildman–Crippen LogP) is 1.82. The number of fused-ring (bicyclic) bond motifs is 1. The van der Waals surface area contributed by atoms with Crippen molar-refractivity contribution >= 4 is 23.2 Å². The monoisotopic (exact) mass is 298 g/mol. The minimum Gasteiger partial charge on any atom is -0.497 e. The van der Waals surface area contributed by atoms with Crippen LogP contribution >= 0.6 is 0 Å². The molecule has 2 N–H and O–H groups in total. The molecule has 0 aliphatic carbocycles. The Morgan fingerprint density at radius 1 is 1.18 bits per heavy atom. The number of hydrogen-bond acceptors (Lipinski definition) is 7. The summed E-state index contributed by atoms with van der Waals surface area (Å²) in [6, 6.07) is 5.47. The van der Waals surface area contributed by atoms with Gasteiger partial charge in [-0.1, -0.05) is 0 Å². The molecule has 0 unspecified atom stereocenters. The minimum absolute atomic E-state index is 0.542. The van der Waals surface area contributed by atoms with Gasteiger partial charge in [-0.05, 0) is 18.2 Å². The smallest absolute Gasteiger partial charge is 0.182 e. The van der Waals surface area contributed by atoms with Gasteiger partial charge in [0, 0.05) is 5.56 Å². The van der Waals surface area contributed by atoms with Crippen molar-refractivity contribution in [3.63, 3.8) is 0 Å². The molecule has 2 aromatic heterocycles. The summed E-state index contributed by atoms with van der Waals surface area (Å²) in [5, 5.41) is 4.18. The molecule has 2 heterocycles. The fourth-order valence-electron chi connectivity index (χ4n) is 1.95. The standard InChI is InChI=1S/C14H14N6O2/c1-21-10-3-4-11(22-2)9(5-10)6-19-20-14-12-13(16-7-15-12)17-8-18-14/h3-8H,1-2H3,(H2,15,16,17,18,20). The molecule has 0 radical (unpaired) electrons. The van der Waals surface area contributed by atoms with E-state index < -0.39 is 0 Å². The molecular weight excluding hydrogens is 284 g/mol. The summed E-state index contributed by atoms with van der Waals surface area (Å²) < 4.78 is 10.5. The van der Waals surface area contributed by atoms with E-state index in [4.69, 9.17) is 9.47 Å². The number of ether oxygens (including phenoxy) is 2. The van der Waals surface area contributed by atoms with E-state index in [0.29, 0.717) is 22.7 Å². The first-order valence-electron chi connectivity index (χ1n) is 6.47. The lowest BCUT2D eigenvalue weighted by atomic mass is 10.2. The Kier molecular flexibility index (Phi) is 3.82. The van der Waals surface area contributed by atoms with Crippen LogP contribution in [0.1, 0.15) is 5.56 Å². The maximum Gasteiger partial charge on any atom is 0.182 e. The lowest BCUT2D eigenvalue weighted by Crippen LogP contribution is -1.97. The molecule has 0 aliphatic heterocycles. The second kappa shape index (κ2) is 6.08. The van der Waals surface area contributed by atoms with Crippen molar-refractivity contribution in [1.29, 1.82) is 0 Å². The lowest BCUT2D eigenvalue weighted by molar-refractivity contribution is 0.402. The van der Waals surface area contributed by atoms with Crippen molar-refractivity contribution in [2.24, 2.45) is 5.10 Å². The van der Waals surface area contributed by atoms with Crippen LogP contribution in [0.5, 0.6) is 11.5 Å². The van der Waals surface area contributed by atoms with Gasteiger partial charge in [-0.25, -0.2) is 15.0 Å². The largest absolute Gasteiger partial charge is 0.497 e. The Morgan fingerprint density at radius 2 is 2.09 bits per heavy atom. The number of nitrogens with one attached hydrogen (secondary N) is 2. The number of rotatable bonds is 5. The van der Waals surface area contributed by atoms with Crippen molar-refractivity contribution in [3.8, 4) is 11.5 Å². The molecular formula is C14H14N6O2. The minimum atomic E-state index is 0.542. The Bertz CT molecular complexity index is 814. The van der Waals surface area contributed by atoms with E-state index in [0.717, 1.165) is 11.3 Å². The number of anilines is 1. The van der Waals surface area contributed by atoms with Crippen LogP contribution in [0.15, 0.2) is 36.0 Å². The summed E-state index contributed by atoms with van der Waals surface area (Å²) in [6.07, 6.45) is 4.61. The van der Waals surface area contributed by atoms with Crippen LogP contribution in [0.2, 0.25) is 0 Å². The van der Waals surface area contributed by atoms with Crippen LogP contribution in [-0.4, -0.2) is 40.4 Å². The molecule has 8 nitrogen and oxygen atoms in total. The molecule has 0 saturated carbocycles. The fourth-order valence-corrected chi connectivity index (χ4v) is 1.95. The van der Waals surface area contributed by atoms with E-state index in [1.54, 1.807) is 26.8 Å². The maximum absolute atomic E-state index is 5.29. The molecule has 0 fully saturated rings. The van der Waals surface area contributed by atoms with Crippen LogP contribution < -0.4 is 14.9 Å². The first-order chi connectivity index (χ1) is 10.8. The highest BCUT2D eigenvalue weighted by molar-refractivity contribution is 5.86. The molecule has 0 bridgehead atoms. The van der Waals surface area contributed by atoms with Gasteiger partial charge in [0.05, 0.1) is 26.8 Å². The van der Waals surface area contributed by atoms with E-state index in [-0.39, 0.29) is 0 Å². The predicted molar refractivity (Wildman–Crippen MR) is 82.4 cm³/mol. The number of aromatic amines is 1. The van der Waals surface area contributed by atoms with Gasteiger partial charge in [0.1, 0.15) is 23.3 Å². The molecule has 22 heavy (non-hydrogen) atoms. The first-order valence-corrected chi connectivity index (χ1v) is 6.47. The summed E-state index contributed by atoms with van der Waals surface area (Å²) in [4.78, 5) is 15.2. The zero-order chi connectivity index (χ0) is 15.4. The van der Waals surface area contributed by atoms with E-state index >= 15 is 0 Å². The van der Waals surface area contributed by atoms with Gasteiger partial charge in [-0.3, -0.25) is 5.43 Å². The highest BCUT2D eigenvalue weighted by Crippen LogP contribution is 2.22. The molecule has 0 amide bonds. The Morgan fingerprint density at radius 3 is 2.91 bits per heavy atom. The molecule has 8 heteroatoms. The summed E-state index contributed by atoms with van der Waals surface area (Å²) in [5.74, 6) is 1.96. The number of hydrazone groups is 1. The number of H-pyrrole nitrogens is 1. The number of benzene rings is 1. The quantitative estimate of drug-likeness (QED) is 0.551. The van der Waals surface area contributed by atoms with Crippen LogP contribution in [0.4, 0.5) is 5.82 Å². The summed E-state index contributed by atoms with van der Waals surface area (Å²) >= 11 is 0. The molecule has 112 valence electrons. The van der Waals surface area contributed by atoms with Crippen molar-refractivity contribution in [1.82, 2.24) is 19.9 Å². The van der Waals surface area contributed by atoms with Gasteiger partial charge in [0.2, 0.25) is 0 Å². The van der Waals surface area contributed by atoms with E-state index in [9.17, 15) is 0 Å². The van der Waals surface area contributed by atoms with Crippen LogP contribution in [0.25, 0.3) is 11.2 Å². The lowest BCUT2D eigenvalue weighted by Gasteiger charge is -2.06. The van der Waals surface area contributed by atoms with E-state index in [2.05, 4.69) is 30.5 Å². The van der Waals surface area contributed by atoms with Gasteiger partial charge >= 0.3 is 0 Å². The zero-order valence-electron chi connectivity index (χ0n) is 12.1. The van der Waals surface area contributed by atoms with Crippen LogP contribution in [0.3, 0.4) is 0 Å². The SMILES string of the molecule is COc1ccc(OC)c(C=NNc2ncnc3nc[nH]c23)c1. The Balaban J connectivity index is 1.84. The number of nitrogens with zero attached hydrogens (tertiary/aromatic N) is 4. The highest BCUT2D eigenvalue weighted by atomic mass is 16.5. The number of aromatic nitrogens is 4. The van der Waals surface area contributed by atoms with Gasteiger partial charge < -0.3 is 14.5 Å². The number of hydrogen-bond donors (Lipinski definition) is 2. The second-order valence-electron chi connectivity index (χ2n) is 4.30. The number of imidazole rings is 1. The highest BCUT2D eigenvalue weighted by Gasteiger charge is 2.05. The van der Waals surface area contributed by atoms with E-state index in [1.807, 2.05) is 18.2 Å². The summed E-state index contributed by atoms with van der Waals surface area (Å²) in [7, 11) is 3.21. The second-order valence-corrected chi connectivity index (χ2v) is 4.30. The zero-order valence-corrected chi connectivity index (χ0v) is 12.1. The fraction of sp³-hybridized carbons (Fsp3) is 0.143. The van der Waals surface area contributed by atoms with Crippen LogP contribution in [0, 0.1) is 0 Å². The molecule has 3 aromatic rings. The Labute approximate surface area is 126 Å². The van der Waals surface area contributed by atoms with Crippen molar-refractivity contribution in [2.75, 3.05) is 19.6 Å². The molecule has 0 saturated heterocycles. The normalized spacial score (nSPS) is 11.0. The average molecular weight is 298 g/mol. The van der Waals surface area contributed by atoms with E-state index in [1.165, 1.54) is 6.33 Å². The third-order valence-electron chi connectivity index (χ3n) is 3.03. The molecule has 0 spiro atoms. The van der Waals surface area contributed by atoms with Crippen molar-refractivity contribution in [2.45, 2.75) is 0 Å². The molecule has 1 aromatic carbocycles. The molecule has 0 atom stereocenters. The van der Waals surface area contributed by atoms with Crippen LogP contribution in [-0.2, 0) is 0 Å².